The van der Waals surface area contributed by atoms with E-state index in [0.29, 0.717) is 16.9 Å². The molecular formula is C10H9N7O2S. The maximum Gasteiger partial charge on any atom is 0.241 e. The van der Waals surface area contributed by atoms with Gasteiger partial charge >= 0.3 is 0 Å². The molecule has 1 aromatic carbocycles. The van der Waals surface area contributed by atoms with Gasteiger partial charge in [-0.2, -0.15) is 5.10 Å². The highest BCUT2D eigenvalue weighted by Crippen LogP contribution is 2.25. The summed E-state index contributed by atoms with van der Waals surface area (Å²) >= 11 is 0. The molecule has 0 aliphatic heterocycles. The van der Waals surface area contributed by atoms with Gasteiger partial charge in [0.05, 0.1) is 17.6 Å². The molecule has 3 N–H and O–H groups in total. The summed E-state index contributed by atoms with van der Waals surface area (Å²) in [4.78, 5) is -0.0636. The van der Waals surface area contributed by atoms with Crippen LogP contribution < -0.4 is 5.14 Å². The Balaban J connectivity index is 2.13. The molecule has 9 nitrogen and oxygen atoms in total. The van der Waals surface area contributed by atoms with Crippen LogP contribution in [0.3, 0.4) is 0 Å². The number of hydrogen-bond donors (Lipinski definition) is 2. The van der Waals surface area contributed by atoms with E-state index in [-0.39, 0.29) is 4.90 Å². The number of tetrazole rings is 1. The van der Waals surface area contributed by atoms with E-state index in [9.17, 15) is 8.42 Å². The van der Waals surface area contributed by atoms with E-state index in [1.54, 1.807) is 24.3 Å². The Hall–Kier alpha value is -2.59. The van der Waals surface area contributed by atoms with E-state index in [0.717, 1.165) is 0 Å². The molecule has 0 spiro atoms. The first kappa shape index (κ1) is 12.4. The first-order valence-corrected chi connectivity index (χ1v) is 7.00. The van der Waals surface area contributed by atoms with Crippen LogP contribution in [0.1, 0.15) is 0 Å². The lowest BCUT2D eigenvalue weighted by Crippen LogP contribution is -2.12. The molecule has 0 bridgehead atoms. The number of aromatic amines is 1. The lowest BCUT2D eigenvalue weighted by Gasteiger charge is -2.04. The summed E-state index contributed by atoms with van der Waals surface area (Å²) in [7, 11) is -3.85. The van der Waals surface area contributed by atoms with Crippen LogP contribution in [0.15, 0.2) is 41.7 Å². The fourth-order valence-corrected chi connectivity index (χ4v) is 2.43. The fourth-order valence-electron chi connectivity index (χ4n) is 1.78. The van der Waals surface area contributed by atoms with Gasteiger partial charge in [0.1, 0.15) is 11.2 Å². The minimum Gasteiger partial charge on any atom is -0.276 e. The molecule has 10 heteroatoms. The highest BCUT2D eigenvalue weighted by molar-refractivity contribution is 7.89. The van der Waals surface area contributed by atoms with Crippen LogP contribution in [0.25, 0.3) is 16.9 Å². The summed E-state index contributed by atoms with van der Waals surface area (Å²) in [5.41, 5.74) is 1.62. The first-order valence-electron chi connectivity index (χ1n) is 5.46. The van der Waals surface area contributed by atoms with Gasteiger partial charge in [-0.1, -0.05) is 12.1 Å². The van der Waals surface area contributed by atoms with E-state index in [2.05, 4.69) is 25.7 Å². The largest absolute Gasteiger partial charge is 0.276 e. The van der Waals surface area contributed by atoms with Crippen LogP contribution in [0.2, 0.25) is 0 Å². The van der Waals surface area contributed by atoms with Crippen LogP contribution in [0.5, 0.6) is 0 Å². The molecule has 0 saturated heterocycles. The third-order valence-electron chi connectivity index (χ3n) is 2.66. The molecule has 0 amide bonds. The summed E-state index contributed by atoms with van der Waals surface area (Å²) in [5.74, 6) is 0. The van der Waals surface area contributed by atoms with E-state index >= 15 is 0 Å². The van der Waals surface area contributed by atoms with Gasteiger partial charge in [0.25, 0.3) is 0 Å². The van der Waals surface area contributed by atoms with Crippen molar-refractivity contribution >= 4 is 10.0 Å². The smallest absolute Gasteiger partial charge is 0.241 e. The van der Waals surface area contributed by atoms with E-state index in [1.807, 2.05) is 0 Å². The van der Waals surface area contributed by atoms with Crippen LogP contribution >= 0.6 is 0 Å². The van der Waals surface area contributed by atoms with Crippen molar-refractivity contribution < 1.29 is 8.42 Å². The maximum atomic E-state index is 11.5. The number of primary sulfonamides is 1. The van der Waals surface area contributed by atoms with Crippen LogP contribution in [0.4, 0.5) is 0 Å². The predicted molar refractivity (Wildman–Crippen MR) is 68.1 cm³/mol. The molecule has 0 radical (unpaired) electrons. The number of nitrogens with two attached hydrogens (primary N) is 1. The maximum absolute atomic E-state index is 11.5. The number of rotatable bonds is 3. The summed E-state index contributed by atoms with van der Waals surface area (Å²) in [6.07, 6.45) is 2.61. The van der Waals surface area contributed by atoms with E-state index < -0.39 is 10.0 Å². The van der Waals surface area contributed by atoms with Crippen LogP contribution in [-0.2, 0) is 10.0 Å². The summed E-state index contributed by atoms with van der Waals surface area (Å²) in [5, 5.41) is 22.4. The number of H-pyrrole nitrogens is 1. The molecule has 3 rings (SSSR count). The Morgan fingerprint density at radius 3 is 2.85 bits per heavy atom. The molecule has 3 aromatic rings. The number of nitrogens with one attached hydrogen (secondary N) is 1. The quantitative estimate of drug-likeness (QED) is 0.680. The number of benzene rings is 1. The van der Waals surface area contributed by atoms with Crippen molar-refractivity contribution in [3.63, 3.8) is 0 Å². The molecule has 0 fully saturated rings. The van der Waals surface area contributed by atoms with Crippen LogP contribution in [-0.4, -0.2) is 38.8 Å². The average Bonchev–Trinajstić information content (AvgIpc) is 3.10. The number of hydrogen-bond acceptors (Lipinski definition) is 6. The fraction of sp³-hybridized carbons (Fsp3) is 0. The Morgan fingerprint density at radius 1 is 1.30 bits per heavy atom. The van der Waals surface area contributed by atoms with Crippen molar-refractivity contribution in [3.8, 4) is 16.9 Å². The minimum atomic E-state index is -3.85. The molecular weight excluding hydrogens is 282 g/mol. The van der Waals surface area contributed by atoms with Crippen molar-refractivity contribution in [2.45, 2.75) is 4.90 Å². The third-order valence-corrected chi connectivity index (χ3v) is 3.58. The van der Waals surface area contributed by atoms with Crippen molar-refractivity contribution in [2.24, 2.45) is 5.14 Å². The van der Waals surface area contributed by atoms with Gasteiger partial charge in [-0.3, -0.25) is 5.10 Å². The zero-order chi connectivity index (χ0) is 14.2. The van der Waals surface area contributed by atoms with Gasteiger partial charge < -0.3 is 0 Å². The van der Waals surface area contributed by atoms with Crippen LogP contribution in [0, 0.1) is 0 Å². The zero-order valence-corrected chi connectivity index (χ0v) is 10.8. The predicted octanol–water partition coefficient (Wildman–Crippen LogP) is -0.300. The minimum absolute atomic E-state index is 0.0636. The Bertz CT molecular complexity index is 838. The number of sulfonamides is 1. The van der Waals surface area contributed by atoms with Crippen molar-refractivity contribution in [1.29, 1.82) is 0 Å². The average molecular weight is 291 g/mol. The van der Waals surface area contributed by atoms with Gasteiger partial charge in [0, 0.05) is 5.56 Å². The van der Waals surface area contributed by atoms with Gasteiger partial charge in [0.15, 0.2) is 0 Å². The van der Waals surface area contributed by atoms with Gasteiger partial charge in [-0.25, -0.2) is 18.2 Å². The topological polar surface area (TPSA) is 132 Å². The lowest BCUT2D eigenvalue weighted by molar-refractivity contribution is 0.598. The summed E-state index contributed by atoms with van der Waals surface area (Å²) < 4.78 is 24.4. The standard InChI is InChI=1S/C10H9N7O2S/c11-20(18,19)9-5-12-14-10(9)7-2-1-3-8(4-7)17-6-13-15-16-17/h1-6H,(H,12,14)(H2,11,18,19). The molecule has 0 aliphatic rings. The first-order chi connectivity index (χ1) is 9.55. The second-order valence-corrected chi connectivity index (χ2v) is 5.49. The zero-order valence-electron chi connectivity index (χ0n) is 10.0. The Labute approximate surface area is 113 Å². The molecule has 102 valence electrons. The van der Waals surface area contributed by atoms with Crippen molar-refractivity contribution in [1.82, 2.24) is 30.4 Å². The number of nitrogens with zero attached hydrogens (tertiary/aromatic N) is 5. The van der Waals surface area contributed by atoms with E-state index in [4.69, 9.17) is 5.14 Å². The highest BCUT2D eigenvalue weighted by atomic mass is 32.2. The van der Waals surface area contributed by atoms with Gasteiger partial charge in [-0.15, -0.1) is 5.10 Å². The Morgan fingerprint density at radius 2 is 2.15 bits per heavy atom. The normalized spacial score (nSPS) is 11.7. The highest BCUT2D eigenvalue weighted by Gasteiger charge is 2.17. The SMILES string of the molecule is NS(=O)(=O)c1cn[nH]c1-c1cccc(-n2cnnn2)c1. The van der Waals surface area contributed by atoms with Crippen molar-refractivity contribution in [2.75, 3.05) is 0 Å². The van der Waals surface area contributed by atoms with Gasteiger partial charge in [-0.05, 0) is 22.6 Å². The molecule has 0 aliphatic carbocycles. The monoisotopic (exact) mass is 291 g/mol. The summed E-state index contributed by atoms with van der Waals surface area (Å²) in [6.45, 7) is 0. The lowest BCUT2D eigenvalue weighted by atomic mass is 10.1. The second-order valence-electron chi connectivity index (χ2n) is 3.96. The Kier molecular flexibility index (Phi) is 2.80. The molecule has 2 aromatic heterocycles. The molecule has 0 saturated carbocycles. The summed E-state index contributed by atoms with van der Waals surface area (Å²) in [6, 6.07) is 6.99. The van der Waals surface area contributed by atoms with E-state index in [1.165, 1.54) is 17.2 Å². The third kappa shape index (κ3) is 2.17. The molecule has 0 atom stereocenters. The number of aromatic nitrogens is 6. The molecule has 20 heavy (non-hydrogen) atoms. The molecule has 2 heterocycles. The van der Waals surface area contributed by atoms with Crippen molar-refractivity contribution in [3.05, 3.63) is 36.8 Å². The second kappa shape index (κ2) is 4.51. The molecule has 0 unspecified atom stereocenters. The van der Waals surface area contributed by atoms with Gasteiger partial charge in [0.2, 0.25) is 10.0 Å².